The molecule has 1 N–H and O–H groups in total. The highest BCUT2D eigenvalue weighted by Gasteiger charge is 2.11. The van der Waals surface area contributed by atoms with E-state index in [4.69, 9.17) is 16.3 Å². The number of fused-ring (bicyclic) bond motifs is 1. The SMILES string of the molecule is Cc1cc(C)cc(OCC(O)Cn2cnc3ccc(Cl)cc3c2=O)c1. The molecule has 0 radical (unpaired) electrons. The number of benzene rings is 2. The van der Waals surface area contributed by atoms with Crippen LogP contribution in [0.5, 0.6) is 5.75 Å². The van der Waals surface area contributed by atoms with Gasteiger partial charge in [0, 0.05) is 5.02 Å². The Morgan fingerprint density at radius 2 is 1.92 bits per heavy atom. The third-order valence-electron chi connectivity index (χ3n) is 3.83. The van der Waals surface area contributed by atoms with Crippen LogP contribution in [0.3, 0.4) is 0 Å². The number of aryl methyl sites for hydroxylation is 2. The van der Waals surface area contributed by atoms with Gasteiger partial charge in [-0.05, 0) is 55.3 Å². The molecule has 0 saturated heterocycles. The monoisotopic (exact) mass is 358 g/mol. The summed E-state index contributed by atoms with van der Waals surface area (Å²) in [4.78, 5) is 16.7. The zero-order chi connectivity index (χ0) is 18.0. The number of nitrogens with zero attached hydrogens (tertiary/aromatic N) is 2. The molecule has 0 amide bonds. The van der Waals surface area contributed by atoms with Crippen LogP contribution in [0.1, 0.15) is 11.1 Å². The Morgan fingerprint density at radius 1 is 1.20 bits per heavy atom. The van der Waals surface area contributed by atoms with Crippen LogP contribution in [0.25, 0.3) is 10.9 Å². The Hall–Kier alpha value is -2.37. The fourth-order valence-electron chi connectivity index (χ4n) is 2.75. The van der Waals surface area contributed by atoms with Crippen molar-refractivity contribution < 1.29 is 9.84 Å². The number of halogens is 1. The van der Waals surface area contributed by atoms with Crippen LogP contribution >= 0.6 is 11.6 Å². The highest BCUT2D eigenvalue weighted by molar-refractivity contribution is 6.31. The molecule has 1 atom stereocenters. The molecule has 25 heavy (non-hydrogen) atoms. The molecule has 3 rings (SSSR count). The summed E-state index contributed by atoms with van der Waals surface area (Å²) in [5, 5.41) is 11.1. The zero-order valence-corrected chi connectivity index (χ0v) is 14.8. The van der Waals surface area contributed by atoms with E-state index in [0.717, 1.165) is 11.1 Å². The molecule has 2 aromatic carbocycles. The first-order valence-corrected chi connectivity index (χ1v) is 8.34. The molecule has 130 valence electrons. The lowest BCUT2D eigenvalue weighted by Crippen LogP contribution is -2.30. The van der Waals surface area contributed by atoms with Gasteiger partial charge < -0.3 is 9.84 Å². The smallest absolute Gasteiger partial charge is 0.261 e. The minimum Gasteiger partial charge on any atom is -0.491 e. The first kappa shape index (κ1) is 17.5. The van der Waals surface area contributed by atoms with Gasteiger partial charge in [0.2, 0.25) is 0 Å². The normalized spacial score (nSPS) is 12.3. The second-order valence-electron chi connectivity index (χ2n) is 6.15. The van der Waals surface area contributed by atoms with Crippen molar-refractivity contribution in [2.24, 2.45) is 0 Å². The molecule has 1 aromatic heterocycles. The van der Waals surface area contributed by atoms with Crippen molar-refractivity contribution in [3.05, 3.63) is 69.2 Å². The number of aromatic nitrogens is 2. The Balaban J connectivity index is 1.72. The number of rotatable bonds is 5. The van der Waals surface area contributed by atoms with Gasteiger partial charge in [-0.2, -0.15) is 0 Å². The average molecular weight is 359 g/mol. The Bertz CT molecular complexity index is 948. The van der Waals surface area contributed by atoms with Gasteiger partial charge in [-0.15, -0.1) is 0 Å². The maximum atomic E-state index is 12.5. The number of aliphatic hydroxyl groups is 1. The largest absolute Gasteiger partial charge is 0.491 e. The van der Waals surface area contributed by atoms with Crippen LogP contribution in [-0.2, 0) is 6.54 Å². The standard InChI is InChI=1S/C19H19ClN2O3/c1-12-5-13(2)7-16(6-12)25-10-15(23)9-22-11-21-18-4-3-14(20)8-17(18)19(22)24/h3-8,11,15,23H,9-10H2,1-2H3. The first-order chi connectivity index (χ1) is 11.9. The van der Waals surface area contributed by atoms with Crippen LogP contribution in [0, 0.1) is 13.8 Å². The molecule has 0 spiro atoms. The van der Waals surface area contributed by atoms with Crippen molar-refractivity contribution >= 4 is 22.5 Å². The molecule has 6 heteroatoms. The fraction of sp³-hybridized carbons (Fsp3) is 0.263. The highest BCUT2D eigenvalue weighted by Crippen LogP contribution is 2.17. The molecule has 0 bridgehead atoms. The van der Waals surface area contributed by atoms with E-state index in [1.54, 1.807) is 18.2 Å². The van der Waals surface area contributed by atoms with Crippen LogP contribution < -0.4 is 10.3 Å². The summed E-state index contributed by atoms with van der Waals surface area (Å²) in [6.45, 7) is 4.16. The second kappa shape index (κ2) is 7.25. The zero-order valence-electron chi connectivity index (χ0n) is 14.1. The van der Waals surface area contributed by atoms with E-state index in [0.29, 0.717) is 21.7 Å². The summed E-state index contributed by atoms with van der Waals surface area (Å²) in [7, 11) is 0. The number of hydrogen-bond acceptors (Lipinski definition) is 4. The number of aliphatic hydroxyl groups excluding tert-OH is 1. The molecular weight excluding hydrogens is 340 g/mol. The maximum Gasteiger partial charge on any atom is 0.261 e. The van der Waals surface area contributed by atoms with E-state index >= 15 is 0 Å². The fourth-order valence-corrected chi connectivity index (χ4v) is 2.92. The summed E-state index contributed by atoms with van der Waals surface area (Å²) in [5.41, 5.74) is 2.53. The van der Waals surface area contributed by atoms with Gasteiger partial charge in [0.05, 0.1) is 23.8 Å². The van der Waals surface area contributed by atoms with Gasteiger partial charge in [-0.3, -0.25) is 9.36 Å². The molecule has 0 aliphatic rings. The lowest BCUT2D eigenvalue weighted by atomic mass is 10.1. The van der Waals surface area contributed by atoms with Crippen LogP contribution in [0.2, 0.25) is 5.02 Å². The molecule has 1 heterocycles. The van der Waals surface area contributed by atoms with E-state index in [-0.39, 0.29) is 18.7 Å². The minimum absolute atomic E-state index is 0.0862. The van der Waals surface area contributed by atoms with Gasteiger partial charge in [0.15, 0.2) is 0 Å². The lowest BCUT2D eigenvalue weighted by molar-refractivity contribution is 0.0914. The summed E-state index contributed by atoms with van der Waals surface area (Å²) >= 11 is 5.95. The van der Waals surface area contributed by atoms with Crippen molar-refractivity contribution in [3.63, 3.8) is 0 Å². The van der Waals surface area contributed by atoms with E-state index in [1.807, 2.05) is 26.0 Å². The van der Waals surface area contributed by atoms with E-state index < -0.39 is 6.10 Å². The van der Waals surface area contributed by atoms with Crippen molar-refractivity contribution in [1.29, 1.82) is 0 Å². The van der Waals surface area contributed by atoms with Crippen LogP contribution in [-0.4, -0.2) is 27.4 Å². The molecule has 0 aliphatic heterocycles. The number of ether oxygens (including phenoxy) is 1. The molecule has 0 saturated carbocycles. The Morgan fingerprint density at radius 3 is 2.64 bits per heavy atom. The molecular formula is C19H19ClN2O3. The maximum absolute atomic E-state index is 12.5. The Labute approximate surface area is 150 Å². The average Bonchev–Trinajstić information content (AvgIpc) is 2.55. The molecule has 3 aromatic rings. The van der Waals surface area contributed by atoms with Gasteiger partial charge >= 0.3 is 0 Å². The second-order valence-corrected chi connectivity index (χ2v) is 6.59. The van der Waals surface area contributed by atoms with Gasteiger partial charge in [0.1, 0.15) is 18.5 Å². The minimum atomic E-state index is -0.836. The van der Waals surface area contributed by atoms with Crippen molar-refractivity contribution in [3.8, 4) is 5.75 Å². The third-order valence-corrected chi connectivity index (χ3v) is 4.07. The van der Waals surface area contributed by atoms with Gasteiger partial charge in [-0.1, -0.05) is 17.7 Å². The molecule has 0 aliphatic carbocycles. The predicted octanol–water partition coefficient (Wildman–Crippen LogP) is 3.11. The van der Waals surface area contributed by atoms with Gasteiger partial charge in [-0.25, -0.2) is 4.98 Å². The third kappa shape index (κ3) is 4.18. The quantitative estimate of drug-likeness (QED) is 0.761. The summed E-state index contributed by atoms with van der Waals surface area (Å²) in [5.74, 6) is 0.701. The summed E-state index contributed by atoms with van der Waals surface area (Å²) in [6.07, 6.45) is 0.593. The highest BCUT2D eigenvalue weighted by atomic mass is 35.5. The topological polar surface area (TPSA) is 64.3 Å². The molecule has 5 nitrogen and oxygen atoms in total. The number of hydrogen-bond donors (Lipinski definition) is 1. The molecule has 1 unspecified atom stereocenters. The van der Waals surface area contributed by atoms with E-state index in [2.05, 4.69) is 11.1 Å². The molecule has 0 fully saturated rings. The van der Waals surface area contributed by atoms with Crippen LogP contribution in [0.15, 0.2) is 47.5 Å². The first-order valence-electron chi connectivity index (χ1n) is 7.96. The Kier molecular flexibility index (Phi) is 5.06. The van der Waals surface area contributed by atoms with E-state index in [1.165, 1.54) is 10.9 Å². The predicted molar refractivity (Wildman–Crippen MR) is 98.4 cm³/mol. The van der Waals surface area contributed by atoms with Crippen molar-refractivity contribution in [2.75, 3.05) is 6.61 Å². The van der Waals surface area contributed by atoms with Gasteiger partial charge in [0.25, 0.3) is 5.56 Å². The summed E-state index contributed by atoms with van der Waals surface area (Å²) in [6, 6.07) is 10.8. The van der Waals surface area contributed by atoms with E-state index in [9.17, 15) is 9.90 Å². The van der Waals surface area contributed by atoms with Crippen LogP contribution in [0.4, 0.5) is 0 Å². The lowest BCUT2D eigenvalue weighted by Gasteiger charge is -2.15. The summed E-state index contributed by atoms with van der Waals surface area (Å²) < 4.78 is 7.01. The van der Waals surface area contributed by atoms with Crippen molar-refractivity contribution in [2.45, 2.75) is 26.5 Å². The van der Waals surface area contributed by atoms with Crippen molar-refractivity contribution in [1.82, 2.24) is 9.55 Å².